The Balaban J connectivity index is 2.02. The third-order valence-corrected chi connectivity index (χ3v) is 2.95. The molecule has 0 radical (unpaired) electrons. The molecule has 0 amide bonds. The first kappa shape index (κ1) is 10.6. The van der Waals surface area contributed by atoms with Crippen molar-refractivity contribution in [2.45, 2.75) is 45.1 Å². The van der Waals surface area contributed by atoms with Gasteiger partial charge in [0.15, 0.2) is 0 Å². The Kier molecular flexibility index (Phi) is 2.79. The summed E-state index contributed by atoms with van der Waals surface area (Å²) in [5.74, 6) is 0.612. The minimum Gasteiger partial charge on any atom is -0.311 e. The largest absolute Gasteiger partial charge is 0.311 e. The van der Waals surface area contributed by atoms with E-state index in [1.54, 1.807) is 0 Å². The van der Waals surface area contributed by atoms with E-state index in [2.05, 4.69) is 37.1 Å². The van der Waals surface area contributed by atoms with Crippen molar-refractivity contribution in [2.75, 3.05) is 6.54 Å². The van der Waals surface area contributed by atoms with Crippen LogP contribution in [0.5, 0.6) is 0 Å². The molecule has 0 aliphatic heterocycles. The first-order chi connectivity index (χ1) is 7.06. The molecule has 0 saturated carbocycles. The van der Waals surface area contributed by atoms with Gasteiger partial charge in [0.1, 0.15) is 0 Å². The Hall–Kier alpha value is -0.890. The standard InChI is InChI=1S/C13H20N2/c1-13(2,3)15-9-11-7-6-10-5-4-8-14-12(10)11/h4-5,8,11,15H,6-7,9H2,1-3H3. The molecule has 1 aromatic rings. The van der Waals surface area contributed by atoms with Gasteiger partial charge in [-0.1, -0.05) is 6.07 Å². The molecule has 82 valence electrons. The van der Waals surface area contributed by atoms with Crippen LogP contribution in [-0.4, -0.2) is 17.1 Å². The van der Waals surface area contributed by atoms with Crippen LogP contribution >= 0.6 is 0 Å². The van der Waals surface area contributed by atoms with Gasteiger partial charge in [0.05, 0.1) is 0 Å². The van der Waals surface area contributed by atoms with E-state index in [4.69, 9.17) is 0 Å². The molecular weight excluding hydrogens is 184 g/mol. The summed E-state index contributed by atoms with van der Waals surface area (Å²) in [4.78, 5) is 4.50. The van der Waals surface area contributed by atoms with Gasteiger partial charge in [0, 0.05) is 29.9 Å². The molecule has 0 saturated heterocycles. The van der Waals surface area contributed by atoms with Gasteiger partial charge in [-0.3, -0.25) is 4.98 Å². The first-order valence-corrected chi connectivity index (χ1v) is 5.75. The fourth-order valence-corrected chi connectivity index (χ4v) is 2.12. The molecule has 1 aliphatic carbocycles. The molecule has 0 spiro atoms. The molecule has 1 aromatic heterocycles. The minimum absolute atomic E-state index is 0.206. The fraction of sp³-hybridized carbons (Fsp3) is 0.615. The van der Waals surface area contributed by atoms with Crippen LogP contribution in [0.3, 0.4) is 0 Å². The van der Waals surface area contributed by atoms with Crippen LogP contribution in [0.4, 0.5) is 0 Å². The zero-order chi connectivity index (χ0) is 10.9. The second kappa shape index (κ2) is 3.93. The van der Waals surface area contributed by atoms with Gasteiger partial charge in [-0.05, 0) is 45.2 Å². The number of hydrogen-bond donors (Lipinski definition) is 1. The van der Waals surface area contributed by atoms with Crippen LogP contribution in [-0.2, 0) is 6.42 Å². The highest BCUT2D eigenvalue weighted by atomic mass is 14.9. The lowest BCUT2D eigenvalue weighted by Crippen LogP contribution is -2.38. The van der Waals surface area contributed by atoms with Crippen LogP contribution in [0.1, 0.15) is 44.4 Å². The number of nitrogens with one attached hydrogen (secondary N) is 1. The first-order valence-electron chi connectivity index (χ1n) is 5.75. The molecule has 1 aliphatic rings. The van der Waals surface area contributed by atoms with Crippen LogP contribution in [0, 0.1) is 0 Å². The van der Waals surface area contributed by atoms with Gasteiger partial charge in [0.25, 0.3) is 0 Å². The van der Waals surface area contributed by atoms with E-state index >= 15 is 0 Å². The van der Waals surface area contributed by atoms with Crippen molar-refractivity contribution >= 4 is 0 Å². The van der Waals surface area contributed by atoms with Gasteiger partial charge >= 0.3 is 0 Å². The molecule has 2 heteroatoms. The van der Waals surface area contributed by atoms with Gasteiger partial charge < -0.3 is 5.32 Å². The lowest BCUT2D eigenvalue weighted by molar-refractivity contribution is 0.403. The predicted octanol–water partition coefficient (Wildman–Crippen LogP) is 2.50. The SMILES string of the molecule is CC(C)(C)NCC1CCc2cccnc21. The van der Waals surface area contributed by atoms with Crippen molar-refractivity contribution in [2.24, 2.45) is 0 Å². The van der Waals surface area contributed by atoms with E-state index in [-0.39, 0.29) is 5.54 Å². The van der Waals surface area contributed by atoms with E-state index in [9.17, 15) is 0 Å². The number of aromatic nitrogens is 1. The Morgan fingerprint density at radius 1 is 1.47 bits per heavy atom. The molecule has 1 unspecified atom stereocenters. The molecule has 1 heterocycles. The fourth-order valence-electron chi connectivity index (χ4n) is 2.12. The Bertz CT molecular complexity index is 339. The number of nitrogens with zero attached hydrogens (tertiary/aromatic N) is 1. The Morgan fingerprint density at radius 2 is 2.27 bits per heavy atom. The van der Waals surface area contributed by atoms with Crippen molar-refractivity contribution in [3.63, 3.8) is 0 Å². The van der Waals surface area contributed by atoms with E-state index in [0.29, 0.717) is 5.92 Å². The molecule has 0 bridgehead atoms. The van der Waals surface area contributed by atoms with E-state index in [1.165, 1.54) is 24.1 Å². The maximum absolute atomic E-state index is 4.50. The lowest BCUT2D eigenvalue weighted by atomic mass is 10.0. The normalized spacial score (nSPS) is 20.3. The van der Waals surface area contributed by atoms with Crippen LogP contribution < -0.4 is 5.32 Å². The summed E-state index contributed by atoms with van der Waals surface area (Å²) in [7, 11) is 0. The van der Waals surface area contributed by atoms with Crippen LogP contribution in [0.25, 0.3) is 0 Å². The van der Waals surface area contributed by atoms with Crippen molar-refractivity contribution in [1.29, 1.82) is 0 Å². The van der Waals surface area contributed by atoms with Crippen LogP contribution in [0.2, 0.25) is 0 Å². The Morgan fingerprint density at radius 3 is 3.00 bits per heavy atom. The van der Waals surface area contributed by atoms with E-state index < -0.39 is 0 Å². The zero-order valence-electron chi connectivity index (χ0n) is 9.88. The molecule has 0 aromatic carbocycles. The highest BCUT2D eigenvalue weighted by Crippen LogP contribution is 2.30. The smallest absolute Gasteiger partial charge is 0.0479 e. The number of aryl methyl sites for hydroxylation is 1. The van der Waals surface area contributed by atoms with E-state index in [0.717, 1.165) is 6.54 Å². The highest BCUT2D eigenvalue weighted by molar-refractivity contribution is 5.28. The maximum atomic E-state index is 4.50. The minimum atomic E-state index is 0.206. The lowest BCUT2D eigenvalue weighted by Gasteiger charge is -2.23. The molecule has 2 nitrogen and oxygen atoms in total. The molecule has 1 N–H and O–H groups in total. The average molecular weight is 204 g/mol. The average Bonchev–Trinajstić information content (AvgIpc) is 2.57. The number of rotatable bonds is 2. The topological polar surface area (TPSA) is 24.9 Å². The van der Waals surface area contributed by atoms with Gasteiger partial charge in [0.2, 0.25) is 0 Å². The molecule has 15 heavy (non-hydrogen) atoms. The molecular formula is C13H20N2. The summed E-state index contributed by atoms with van der Waals surface area (Å²) in [5, 5.41) is 3.56. The third kappa shape index (κ3) is 2.57. The predicted molar refractivity (Wildman–Crippen MR) is 63.1 cm³/mol. The Labute approximate surface area is 92.1 Å². The van der Waals surface area contributed by atoms with Gasteiger partial charge in [-0.25, -0.2) is 0 Å². The monoisotopic (exact) mass is 204 g/mol. The summed E-state index contributed by atoms with van der Waals surface area (Å²) in [5.41, 5.74) is 2.96. The molecule has 2 rings (SSSR count). The number of pyridine rings is 1. The van der Waals surface area contributed by atoms with E-state index in [1.807, 2.05) is 12.3 Å². The summed E-state index contributed by atoms with van der Waals surface area (Å²) >= 11 is 0. The summed E-state index contributed by atoms with van der Waals surface area (Å²) in [6, 6.07) is 4.25. The quantitative estimate of drug-likeness (QED) is 0.800. The number of hydrogen-bond acceptors (Lipinski definition) is 2. The summed E-state index contributed by atoms with van der Waals surface area (Å²) in [6.07, 6.45) is 4.35. The van der Waals surface area contributed by atoms with Crippen molar-refractivity contribution in [1.82, 2.24) is 10.3 Å². The summed E-state index contributed by atoms with van der Waals surface area (Å²) < 4.78 is 0. The molecule has 0 fully saturated rings. The second-order valence-corrected chi connectivity index (χ2v) is 5.41. The number of fused-ring (bicyclic) bond motifs is 1. The third-order valence-electron chi connectivity index (χ3n) is 2.95. The summed E-state index contributed by atoms with van der Waals surface area (Å²) in [6.45, 7) is 7.68. The zero-order valence-corrected chi connectivity index (χ0v) is 9.88. The van der Waals surface area contributed by atoms with Crippen molar-refractivity contribution in [3.8, 4) is 0 Å². The highest BCUT2D eigenvalue weighted by Gasteiger charge is 2.24. The van der Waals surface area contributed by atoms with Crippen molar-refractivity contribution < 1.29 is 0 Å². The second-order valence-electron chi connectivity index (χ2n) is 5.41. The van der Waals surface area contributed by atoms with Gasteiger partial charge in [-0.2, -0.15) is 0 Å². The van der Waals surface area contributed by atoms with Crippen molar-refractivity contribution in [3.05, 3.63) is 29.6 Å². The molecule has 1 atom stereocenters. The maximum Gasteiger partial charge on any atom is 0.0479 e. The van der Waals surface area contributed by atoms with Crippen LogP contribution in [0.15, 0.2) is 18.3 Å². The van der Waals surface area contributed by atoms with Gasteiger partial charge in [-0.15, -0.1) is 0 Å².